The molecule has 0 amide bonds. The summed E-state index contributed by atoms with van der Waals surface area (Å²) < 4.78 is 4.72. The SMILES string of the molecule is [Cl][Al]1[n]2c3c4cc5ccccc5cc4c2Nc2[nH]c(c4cc5ccccc5cc24)Nc2c4cc5ccccc5cc4c([n]21)Nc1[nH]c(c2cc4ccccc4cc12)N3. The standard InChI is InChI=1S/C48H30N8.Al.ClH/c1-2-10-26-18-34-33(17-25(26)9-1)41-49-42(34)54-44-37-21-29-13-5-6-14-30(29)22-38(37)46(51-44)56-48-40-24-32-16-8-7-15-31(32)23-39(40)47(52-48)55-45-36-20-28-12-4-3-11-27(28)19-35(36)43(50-45)53-41;;/h1-24,49,52-56H;;1H/q-2;+3;/p-1. The molecule has 6 bridgehead atoms. The summed E-state index contributed by atoms with van der Waals surface area (Å²) in [4.78, 5) is 7.68. The lowest BCUT2D eigenvalue weighted by Crippen LogP contribution is -2.32. The maximum atomic E-state index is 8.29. The smallest absolute Gasteiger partial charge is 0.373 e. The second-order valence-corrected chi connectivity index (χ2v) is 18.5. The van der Waals surface area contributed by atoms with Crippen molar-refractivity contribution in [2.24, 2.45) is 0 Å². The highest BCUT2D eigenvalue weighted by Gasteiger charge is 2.39. The van der Waals surface area contributed by atoms with Gasteiger partial charge in [-0.2, -0.15) is 10.0 Å². The van der Waals surface area contributed by atoms with Crippen molar-refractivity contribution in [3.63, 3.8) is 0 Å². The monoisotopic (exact) mass is 780 g/mol. The van der Waals surface area contributed by atoms with Crippen LogP contribution < -0.4 is 21.3 Å². The molecule has 12 aromatic rings. The van der Waals surface area contributed by atoms with E-state index in [0.29, 0.717) is 0 Å². The van der Waals surface area contributed by atoms with E-state index in [1.54, 1.807) is 0 Å². The number of rotatable bonds is 0. The highest BCUT2D eigenvalue weighted by molar-refractivity contribution is 7.06. The van der Waals surface area contributed by atoms with Crippen LogP contribution in [0.5, 0.6) is 0 Å². The minimum atomic E-state index is -2.79. The van der Waals surface area contributed by atoms with Crippen molar-refractivity contribution in [1.82, 2.24) is 17.1 Å². The number of hydrogen-bond donors (Lipinski definition) is 6. The van der Waals surface area contributed by atoms with E-state index in [1.165, 1.54) is 21.5 Å². The number of anilines is 8. The van der Waals surface area contributed by atoms with Gasteiger partial charge in [0.15, 0.2) is 0 Å². The van der Waals surface area contributed by atoms with E-state index in [1.807, 2.05) is 0 Å². The van der Waals surface area contributed by atoms with Gasteiger partial charge in [0.05, 0.1) is 23.3 Å². The maximum absolute atomic E-state index is 8.29. The van der Waals surface area contributed by atoms with Gasteiger partial charge in [0.1, 0.15) is 23.3 Å². The van der Waals surface area contributed by atoms with Crippen LogP contribution in [0, 0.1) is 0 Å². The van der Waals surface area contributed by atoms with Crippen molar-refractivity contribution in [2.75, 3.05) is 21.3 Å². The Morgan fingerprint density at radius 2 is 0.517 bits per heavy atom. The third kappa shape index (κ3) is 4.14. The Labute approximate surface area is 338 Å². The molecule has 10 heteroatoms. The van der Waals surface area contributed by atoms with E-state index in [2.05, 4.69) is 184 Å². The summed E-state index contributed by atoms with van der Waals surface area (Å²) in [6.07, 6.45) is 0. The van der Waals surface area contributed by atoms with Gasteiger partial charge in [-0.1, -0.05) is 97.1 Å². The van der Waals surface area contributed by atoms with Crippen LogP contribution >= 0.6 is 10.0 Å². The fourth-order valence-electron chi connectivity index (χ4n) is 9.75. The Bertz CT molecular complexity index is 3320. The zero-order valence-corrected chi connectivity index (χ0v) is 32.6. The molecule has 0 aliphatic carbocycles. The van der Waals surface area contributed by atoms with Crippen molar-refractivity contribution in [3.05, 3.63) is 146 Å². The fraction of sp³-hybridized carbons (Fsp3) is 0. The van der Waals surface area contributed by atoms with Crippen LogP contribution in [-0.4, -0.2) is 30.7 Å². The number of halogens is 1. The van der Waals surface area contributed by atoms with E-state index in [9.17, 15) is 0 Å². The van der Waals surface area contributed by atoms with Crippen molar-refractivity contribution < 1.29 is 0 Å². The predicted octanol–water partition coefficient (Wildman–Crippen LogP) is 13.4. The lowest BCUT2D eigenvalue weighted by Gasteiger charge is -2.24. The van der Waals surface area contributed by atoms with Gasteiger partial charge in [-0.15, -0.1) is 0 Å². The Morgan fingerprint density at radius 1 is 0.310 bits per heavy atom. The summed E-state index contributed by atoms with van der Waals surface area (Å²) in [5, 5.41) is 34.0. The molecule has 2 aliphatic heterocycles. The van der Waals surface area contributed by atoms with Crippen molar-refractivity contribution >= 4 is 156 Å². The van der Waals surface area contributed by atoms with E-state index in [0.717, 1.165) is 111 Å². The second-order valence-electron chi connectivity index (χ2n) is 15.7. The molecule has 0 radical (unpaired) electrons. The largest absolute Gasteiger partial charge is 0.722 e. The summed E-state index contributed by atoms with van der Waals surface area (Å²) >= 11 is -2.79. The Kier molecular flexibility index (Phi) is 5.95. The van der Waals surface area contributed by atoms with Gasteiger partial charge in [-0.25, -0.2) is 0 Å². The number of aromatic nitrogens is 4. The quantitative estimate of drug-likeness (QED) is 0.0865. The molecular weight excluding hydrogens is 751 g/mol. The summed E-state index contributed by atoms with van der Waals surface area (Å²) in [6, 6.07) is 52.7. The molecule has 58 heavy (non-hydrogen) atoms. The van der Waals surface area contributed by atoms with E-state index < -0.39 is 13.7 Å². The first-order valence-electron chi connectivity index (χ1n) is 19.6. The number of H-pyrrole nitrogens is 2. The number of benzene rings is 8. The van der Waals surface area contributed by atoms with Gasteiger partial charge in [0.25, 0.3) is 0 Å². The van der Waals surface area contributed by atoms with Gasteiger partial charge in [0, 0.05) is 43.1 Å². The summed E-state index contributed by atoms with van der Waals surface area (Å²) in [5.41, 5.74) is 0. The number of hydrogen-bond acceptors (Lipinski definition) is 4. The molecule has 0 spiro atoms. The van der Waals surface area contributed by atoms with Gasteiger partial charge >= 0.3 is 13.7 Å². The molecule has 14 rings (SSSR count). The van der Waals surface area contributed by atoms with Gasteiger partial charge < -0.3 is 38.3 Å². The highest BCUT2D eigenvalue weighted by atomic mass is 35.6. The first-order chi connectivity index (χ1) is 28.6. The zero-order chi connectivity index (χ0) is 37.8. The number of aromatic amines is 2. The molecule has 6 N–H and O–H groups in total. The molecule has 0 atom stereocenters. The molecule has 0 unspecified atom stereocenters. The summed E-state index contributed by atoms with van der Waals surface area (Å²) in [7, 11) is 8.29. The lowest BCUT2D eigenvalue weighted by atomic mass is 10.0. The molecule has 0 fully saturated rings. The fourth-order valence-corrected chi connectivity index (χ4v) is 12.8. The van der Waals surface area contributed by atoms with Crippen molar-refractivity contribution in [3.8, 4) is 0 Å². The number of nitrogens with one attached hydrogen (secondary N) is 6. The molecule has 272 valence electrons. The molecule has 6 heterocycles. The molecule has 8 aromatic carbocycles. The van der Waals surface area contributed by atoms with E-state index in [4.69, 9.17) is 10.0 Å². The molecule has 2 aliphatic rings. The third-order valence-electron chi connectivity index (χ3n) is 12.5. The van der Waals surface area contributed by atoms with Gasteiger partial charge in [0.2, 0.25) is 0 Å². The van der Waals surface area contributed by atoms with Crippen LogP contribution in [0.4, 0.5) is 46.5 Å². The highest BCUT2D eigenvalue weighted by Crippen LogP contribution is 2.50. The zero-order valence-electron chi connectivity index (χ0n) is 30.7. The summed E-state index contributed by atoms with van der Waals surface area (Å²) in [5.74, 6) is 7.34. The molecule has 4 aromatic heterocycles. The molecular formula is C48H30AlClN8. The Hall–Kier alpha value is -7.02. The molecule has 0 saturated carbocycles. The predicted molar refractivity (Wildman–Crippen MR) is 246 cm³/mol. The third-order valence-corrected chi connectivity index (χ3v) is 15.6. The van der Waals surface area contributed by atoms with Crippen LogP contribution in [-0.2, 0) is 0 Å². The Morgan fingerprint density at radius 3 is 0.741 bits per heavy atom. The number of nitrogens with zero attached hydrogens (tertiary/aromatic N) is 2. The van der Waals surface area contributed by atoms with Crippen molar-refractivity contribution in [2.45, 2.75) is 0 Å². The topological polar surface area (TPSA) is 89.6 Å². The van der Waals surface area contributed by atoms with Crippen LogP contribution in [0.15, 0.2) is 146 Å². The van der Waals surface area contributed by atoms with Crippen LogP contribution in [0.2, 0.25) is 0 Å². The summed E-state index contributed by atoms with van der Waals surface area (Å²) in [6.45, 7) is 0. The lowest BCUT2D eigenvalue weighted by molar-refractivity contribution is 1.09. The van der Waals surface area contributed by atoms with Crippen LogP contribution in [0.1, 0.15) is 0 Å². The van der Waals surface area contributed by atoms with Crippen LogP contribution in [0.25, 0.3) is 86.2 Å². The first kappa shape index (κ1) is 31.1. The van der Waals surface area contributed by atoms with Gasteiger partial charge in [-0.3, -0.25) is 0 Å². The maximum Gasteiger partial charge on any atom is 0.722 e. The molecule has 8 nitrogen and oxygen atoms in total. The van der Waals surface area contributed by atoms with Gasteiger partial charge in [-0.05, 0) is 91.6 Å². The first-order valence-corrected chi connectivity index (χ1v) is 22.3. The average Bonchev–Trinajstić information content (AvgIpc) is 3.95. The average molecular weight is 781 g/mol. The van der Waals surface area contributed by atoms with Crippen LogP contribution in [0.3, 0.4) is 0 Å². The van der Waals surface area contributed by atoms with E-state index >= 15 is 0 Å². The minimum absolute atomic E-state index is 0.903. The van der Waals surface area contributed by atoms with Crippen molar-refractivity contribution in [1.29, 1.82) is 0 Å². The Balaban J connectivity index is 1.19. The number of fused-ring (bicyclic) bond motifs is 20. The molecule has 0 saturated heterocycles. The second kappa shape index (κ2) is 11.1. The van der Waals surface area contributed by atoms with E-state index in [-0.39, 0.29) is 0 Å². The normalized spacial score (nSPS) is 13.4. The minimum Gasteiger partial charge on any atom is -0.373 e.